The molecule has 0 aromatic heterocycles. The van der Waals surface area contributed by atoms with E-state index in [1.165, 1.54) is 38.5 Å². The largest absolute Gasteiger partial charge is 0.393 e. The van der Waals surface area contributed by atoms with E-state index in [1.807, 2.05) is 0 Å². The zero-order valence-corrected chi connectivity index (χ0v) is 13.7. The minimum Gasteiger partial charge on any atom is -0.393 e. The van der Waals surface area contributed by atoms with Gasteiger partial charge in [0.25, 0.3) is 0 Å². The van der Waals surface area contributed by atoms with E-state index in [-0.39, 0.29) is 17.6 Å². The lowest BCUT2D eigenvalue weighted by Gasteiger charge is -2.60. The van der Waals surface area contributed by atoms with Gasteiger partial charge in [0.2, 0.25) is 0 Å². The van der Waals surface area contributed by atoms with Gasteiger partial charge in [0.15, 0.2) is 0 Å². The lowest BCUT2D eigenvalue weighted by molar-refractivity contribution is -0.133. The number of aliphatic hydroxyl groups excluding tert-OH is 2. The lowest BCUT2D eigenvalue weighted by Crippen LogP contribution is -2.54. The van der Waals surface area contributed by atoms with Crippen LogP contribution >= 0.6 is 0 Å². The third-order valence-electron chi connectivity index (χ3n) is 8.59. The summed E-state index contributed by atoms with van der Waals surface area (Å²) >= 11 is 0. The fourth-order valence-corrected chi connectivity index (χ4v) is 7.21. The molecule has 0 amide bonds. The van der Waals surface area contributed by atoms with Crippen molar-refractivity contribution in [3.8, 4) is 0 Å². The first-order valence-corrected chi connectivity index (χ1v) is 9.31. The van der Waals surface area contributed by atoms with Gasteiger partial charge in [-0.25, -0.2) is 0 Å². The van der Waals surface area contributed by atoms with E-state index in [9.17, 15) is 10.2 Å². The molecule has 8 atom stereocenters. The molecule has 4 rings (SSSR count). The number of hydrogen-bond acceptors (Lipinski definition) is 2. The molecule has 2 N–H and O–H groups in total. The average molecular weight is 292 g/mol. The monoisotopic (exact) mass is 292 g/mol. The van der Waals surface area contributed by atoms with Gasteiger partial charge in [-0.3, -0.25) is 0 Å². The Morgan fingerprint density at radius 3 is 2.29 bits per heavy atom. The maximum atomic E-state index is 10.5. The van der Waals surface area contributed by atoms with Crippen molar-refractivity contribution < 1.29 is 10.2 Å². The summed E-state index contributed by atoms with van der Waals surface area (Å²) in [7, 11) is 0. The number of aliphatic hydroxyl groups is 2. The number of rotatable bonds is 0. The summed E-state index contributed by atoms with van der Waals surface area (Å²) in [6, 6.07) is 0. The second-order valence-corrected chi connectivity index (χ2v) is 9.22. The molecule has 2 nitrogen and oxygen atoms in total. The van der Waals surface area contributed by atoms with E-state index in [0.717, 1.165) is 42.9 Å². The molecule has 0 saturated heterocycles. The third-order valence-corrected chi connectivity index (χ3v) is 8.59. The molecule has 120 valence electrons. The van der Waals surface area contributed by atoms with Crippen LogP contribution in [0.4, 0.5) is 0 Å². The summed E-state index contributed by atoms with van der Waals surface area (Å²) in [4.78, 5) is 0. The van der Waals surface area contributed by atoms with Gasteiger partial charge in [0.05, 0.1) is 12.2 Å². The van der Waals surface area contributed by atoms with Gasteiger partial charge < -0.3 is 10.2 Å². The molecule has 4 aliphatic rings. The number of fused-ring (bicyclic) bond motifs is 5. The van der Waals surface area contributed by atoms with E-state index in [2.05, 4.69) is 13.8 Å². The van der Waals surface area contributed by atoms with Crippen LogP contribution in [0.1, 0.15) is 71.6 Å². The maximum Gasteiger partial charge on any atom is 0.0596 e. The molecular weight excluding hydrogens is 260 g/mol. The predicted molar refractivity (Wildman–Crippen MR) is 83.7 cm³/mol. The Bertz CT molecular complexity index is 422. The Hall–Kier alpha value is -0.0800. The van der Waals surface area contributed by atoms with Crippen molar-refractivity contribution in [3.05, 3.63) is 0 Å². The first-order chi connectivity index (χ1) is 9.95. The van der Waals surface area contributed by atoms with Crippen LogP contribution in [0.3, 0.4) is 0 Å². The molecular formula is C19H32O2. The van der Waals surface area contributed by atoms with E-state index < -0.39 is 0 Å². The van der Waals surface area contributed by atoms with E-state index in [0.29, 0.717) is 5.41 Å². The maximum absolute atomic E-state index is 10.5. The van der Waals surface area contributed by atoms with Crippen molar-refractivity contribution in [2.75, 3.05) is 0 Å². The lowest BCUT2D eigenvalue weighted by atomic mass is 9.45. The second-order valence-electron chi connectivity index (χ2n) is 9.22. The Labute approximate surface area is 129 Å². The number of hydrogen-bond donors (Lipinski definition) is 2. The Kier molecular flexibility index (Phi) is 3.25. The van der Waals surface area contributed by atoms with E-state index >= 15 is 0 Å². The summed E-state index contributed by atoms with van der Waals surface area (Å²) in [5.41, 5.74) is 0.676. The Balaban J connectivity index is 1.62. The molecule has 0 radical (unpaired) electrons. The highest BCUT2D eigenvalue weighted by Gasteiger charge is 2.59. The van der Waals surface area contributed by atoms with Gasteiger partial charge in [-0.2, -0.15) is 0 Å². The predicted octanol–water partition coefficient (Wildman–Crippen LogP) is 3.75. The molecule has 4 saturated carbocycles. The summed E-state index contributed by atoms with van der Waals surface area (Å²) in [5, 5.41) is 20.5. The summed E-state index contributed by atoms with van der Waals surface area (Å²) < 4.78 is 0. The summed E-state index contributed by atoms with van der Waals surface area (Å²) in [5.74, 6) is 3.21. The quantitative estimate of drug-likeness (QED) is 0.714. The van der Waals surface area contributed by atoms with Crippen LogP contribution in [0, 0.1) is 34.5 Å². The van der Waals surface area contributed by atoms with Crippen LogP contribution in [-0.4, -0.2) is 22.4 Å². The molecule has 0 aromatic rings. The van der Waals surface area contributed by atoms with Crippen molar-refractivity contribution in [1.29, 1.82) is 0 Å². The smallest absolute Gasteiger partial charge is 0.0596 e. The first kappa shape index (κ1) is 14.5. The fraction of sp³-hybridized carbons (Fsp3) is 1.00. The molecule has 0 aliphatic heterocycles. The van der Waals surface area contributed by atoms with Gasteiger partial charge in [0, 0.05) is 0 Å². The topological polar surface area (TPSA) is 40.5 Å². The molecule has 0 heterocycles. The van der Waals surface area contributed by atoms with Crippen molar-refractivity contribution in [2.24, 2.45) is 34.5 Å². The first-order valence-electron chi connectivity index (χ1n) is 9.31. The van der Waals surface area contributed by atoms with Crippen molar-refractivity contribution in [3.63, 3.8) is 0 Å². The Morgan fingerprint density at radius 1 is 0.762 bits per heavy atom. The van der Waals surface area contributed by atoms with Crippen LogP contribution in [-0.2, 0) is 0 Å². The molecule has 0 bridgehead atoms. The second kappa shape index (κ2) is 4.71. The highest BCUT2D eigenvalue weighted by Crippen LogP contribution is 2.66. The van der Waals surface area contributed by atoms with Crippen molar-refractivity contribution in [1.82, 2.24) is 0 Å². The summed E-state index contributed by atoms with van der Waals surface area (Å²) in [6.07, 6.45) is 10.7. The minimum absolute atomic E-state index is 0.0400. The Morgan fingerprint density at radius 2 is 1.48 bits per heavy atom. The van der Waals surface area contributed by atoms with Gasteiger partial charge in [0.1, 0.15) is 0 Å². The van der Waals surface area contributed by atoms with Gasteiger partial charge in [-0.1, -0.05) is 13.8 Å². The molecule has 3 unspecified atom stereocenters. The third kappa shape index (κ3) is 1.91. The zero-order valence-electron chi connectivity index (χ0n) is 13.7. The van der Waals surface area contributed by atoms with Crippen molar-refractivity contribution >= 4 is 0 Å². The standard InChI is InChI=1S/C19H32O2/c1-18-9-7-13(20)11-12(18)3-4-14-15-5-6-17(21)19(15,2)10-8-16(14)18/h12-17,20-21H,3-11H2,1-2H3/t12-,13+,14?,15?,16?,17-,18-,19-/m0/s1. The molecule has 2 heteroatoms. The van der Waals surface area contributed by atoms with Crippen LogP contribution in [0.15, 0.2) is 0 Å². The van der Waals surface area contributed by atoms with E-state index in [1.54, 1.807) is 0 Å². The SMILES string of the molecule is C[C@]12CCC3C(CC[C@H]4C[C@H](O)CC[C@]34C)C1CC[C@@H]2O. The molecule has 4 fully saturated rings. The average Bonchev–Trinajstić information content (AvgIpc) is 2.76. The van der Waals surface area contributed by atoms with E-state index in [4.69, 9.17) is 0 Å². The zero-order chi connectivity index (χ0) is 14.8. The highest BCUT2D eigenvalue weighted by molar-refractivity contribution is 5.09. The molecule has 0 aromatic carbocycles. The summed E-state index contributed by atoms with van der Waals surface area (Å²) in [6.45, 7) is 4.90. The molecule has 4 aliphatic carbocycles. The highest BCUT2D eigenvalue weighted by atomic mass is 16.3. The van der Waals surface area contributed by atoms with Crippen LogP contribution in [0.5, 0.6) is 0 Å². The molecule has 21 heavy (non-hydrogen) atoms. The molecule has 0 spiro atoms. The van der Waals surface area contributed by atoms with Crippen LogP contribution < -0.4 is 0 Å². The van der Waals surface area contributed by atoms with Gasteiger partial charge in [-0.15, -0.1) is 0 Å². The van der Waals surface area contributed by atoms with Crippen LogP contribution in [0.25, 0.3) is 0 Å². The normalized spacial score (nSPS) is 60.0. The van der Waals surface area contributed by atoms with Gasteiger partial charge >= 0.3 is 0 Å². The fourth-order valence-electron chi connectivity index (χ4n) is 7.21. The van der Waals surface area contributed by atoms with Gasteiger partial charge in [-0.05, 0) is 92.3 Å². The minimum atomic E-state index is -0.0536. The van der Waals surface area contributed by atoms with Crippen LogP contribution in [0.2, 0.25) is 0 Å². The van der Waals surface area contributed by atoms with Crippen molar-refractivity contribution in [2.45, 2.75) is 83.8 Å².